The molecular weight excluding hydrogens is 232 g/mol. The number of hydrogen-bond donors (Lipinski definition) is 1. The van der Waals surface area contributed by atoms with E-state index in [1.165, 1.54) is 18.5 Å². The molecule has 0 aromatic heterocycles. The summed E-state index contributed by atoms with van der Waals surface area (Å²) in [7, 11) is 0. The maximum atomic E-state index is 6.38. The van der Waals surface area contributed by atoms with Gasteiger partial charge in [-0.1, -0.05) is 64.4 Å². The summed E-state index contributed by atoms with van der Waals surface area (Å²) in [5.74, 6) is 1.24. The lowest BCUT2D eigenvalue weighted by Crippen LogP contribution is -2.36. The lowest BCUT2D eigenvalue weighted by molar-refractivity contribution is 0.203. The van der Waals surface area contributed by atoms with Gasteiger partial charge in [0.25, 0.3) is 0 Å². The van der Waals surface area contributed by atoms with Gasteiger partial charge in [0.2, 0.25) is 0 Å². The van der Waals surface area contributed by atoms with E-state index in [0.717, 1.165) is 19.0 Å². The minimum Gasteiger partial charge on any atom is -0.324 e. The van der Waals surface area contributed by atoms with Crippen LogP contribution in [0.4, 0.5) is 0 Å². The summed E-state index contributed by atoms with van der Waals surface area (Å²) < 4.78 is 0. The molecule has 1 aromatic carbocycles. The average Bonchev–Trinajstić information content (AvgIpc) is 2.46. The molecule has 19 heavy (non-hydrogen) atoms. The normalized spacial score (nSPS) is 16.3. The minimum atomic E-state index is 0.132. The van der Waals surface area contributed by atoms with E-state index in [9.17, 15) is 0 Å². The maximum absolute atomic E-state index is 6.38. The highest BCUT2D eigenvalue weighted by molar-refractivity contribution is 5.19. The number of nitrogens with two attached hydrogens (primary N) is 1. The van der Waals surface area contributed by atoms with Crippen molar-refractivity contribution in [3.8, 4) is 0 Å². The standard InChI is InChI=1S/C17H30N2/c1-5-14(3)12-19(6-2)13-15(4)17(18)16-10-8-7-9-11-16/h7-11,14-15,17H,5-6,12-13,18H2,1-4H3. The van der Waals surface area contributed by atoms with E-state index in [4.69, 9.17) is 5.73 Å². The van der Waals surface area contributed by atoms with Crippen LogP contribution in [0.2, 0.25) is 0 Å². The molecule has 0 fully saturated rings. The third-order valence-corrected chi connectivity index (χ3v) is 4.06. The first-order chi connectivity index (χ1) is 9.08. The van der Waals surface area contributed by atoms with Gasteiger partial charge in [0.15, 0.2) is 0 Å². The van der Waals surface area contributed by atoms with Crippen LogP contribution >= 0.6 is 0 Å². The van der Waals surface area contributed by atoms with Gasteiger partial charge < -0.3 is 10.6 Å². The molecule has 0 amide bonds. The zero-order valence-corrected chi connectivity index (χ0v) is 13.0. The van der Waals surface area contributed by atoms with Crippen molar-refractivity contribution in [2.75, 3.05) is 19.6 Å². The molecule has 0 aliphatic heterocycles. The molecule has 108 valence electrons. The number of benzene rings is 1. The predicted molar refractivity (Wildman–Crippen MR) is 84.1 cm³/mol. The van der Waals surface area contributed by atoms with E-state index >= 15 is 0 Å². The molecule has 3 unspecified atom stereocenters. The average molecular weight is 262 g/mol. The van der Waals surface area contributed by atoms with Gasteiger partial charge in [0, 0.05) is 19.1 Å². The van der Waals surface area contributed by atoms with Crippen molar-refractivity contribution < 1.29 is 0 Å². The molecule has 0 aliphatic rings. The molecule has 2 N–H and O–H groups in total. The molecule has 0 bridgehead atoms. The number of rotatable bonds is 8. The molecule has 0 heterocycles. The Bertz CT molecular complexity index is 336. The van der Waals surface area contributed by atoms with Crippen LogP contribution in [0, 0.1) is 11.8 Å². The monoisotopic (exact) mass is 262 g/mol. The number of nitrogens with zero attached hydrogens (tertiary/aromatic N) is 1. The molecule has 2 heteroatoms. The Labute approximate surface area is 119 Å². The van der Waals surface area contributed by atoms with Gasteiger partial charge in [0.1, 0.15) is 0 Å². The minimum absolute atomic E-state index is 0.132. The Balaban J connectivity index is 2.54. The fourth-order valence-corrected chi connectivity index (χ4v) is 2.43. The fraction of sp³-hybridized carbons (Fsp3) is 0.647. The highest BCUT2D eigenvalue weighted by Gasteiger charge is 2.18. The smallest absolute Gasteiger partial charge is 0.0333 e. The second kappa shape index (κ2) is 8.34. The van der Waals surface area contributed by atoms with Crippen molar-refractivity contribution in [3.05, 3.63) is 35.9 Å². The van der Waals surface area contributed by atoms with Gasteiger partial charge >= 0.3 is 0 Å². The molecule has 0 aliphatic carbocycles. The van der Waals surface area contributed by atoms with E-state index in [-0.39, 0.29) is 6.04 Å². The first-order valence-corrected chi connectivity index (χ1v) is 7.61. The van der Waals surface area contributed by atoms with Crippen molar-refractivity contribution in [2.24, 2.45) is 17.6 Å². The molecule has 0 spiro atoms. The zero-order chi connectivity index (χ0) is 14.3. The molecular formula is C17H30N2. The first-order valence-electron chi connectivity index (χ1n) is 7.61. The van der Waals surface area contributed by atoms with Crippen molar-refractivity contribution >= 4 is 0 Å². The van der Waals surface area contributed by atoms with Crippen LogP contribution < -0.4 is 5.73 Å². The van der Waals surface area contributed by atoms with Gasteiger partial charge in [-0.3, -0.25) is 0 Å². The molecule has 2 nitrogen and oxygen atoms in total. The third-order valence-electron chi connectivity index (χ3n) is 4.06. The Morgan fingerprint density at radius 3 is 2.21 bits per heavy atom. The molecule has 0 radical (unpaired) electrons. The van der Waals surface area contributed by atoms with Crippen LogP contribution in [0.1, 0.15) is 45.7 Å². The summed E-state index contributed by atoms with van der Waals surface area (Å²) in [4.78, 5) is 2.53. The van der Waals surface area contributed by atoms with Gasteiger partial charge in [-0.15, -0.1) is 0 Å². The Morgan fingerprint density at radius 1 is 1.05 bits per heavy atom. The highest BCUT2D eigenvalue weighted by atomic mass is 15.1. The van der Waals surface area contributed by atoms with Gasteiger partial charge in [-0.2, -0.15) is 0 Å². The summed E-state index contributed by atoms with van der Waals surface area (Å²) in [6.45, 7) is 12.5. The lowest BCUT2D eigenvalue weighted by Gasteiger charge is -2.29. The summed E-state index contributed by atoms with van der Waals surface area (Å²) in [6.07, 6.45) is 1.25. The first kappa shape index (κ1) is 16.2. The number of hydrogen-bond acceptors (Lipinski definition) is 2. The largest absolute Gasteiger partial charge is 0.324 e. The van der Waals surface area contributed by atoms with Gasteiger partial charge in [-0.05, 0) is 23.9 Å². The van der Waals surface area contributed by atoms with E-state index in [0.29, 0.717) is 5.92 Å². The molecule has 0 saturated heterocycles. The second-order valence-electron chi connectivity index (χ2n) is 5.78. The predicted octanol–water partition coefficient (Wildman–Crippen LogP) is 3.69. The topological polar surface area (TPSA) is 29.3 Å². The highest BCUT2D eigenvalue weighted by Crippen LogP contribution is 2.20. The summed E-state index contributed by atoms with van der Waals surface area (Å²) >= 11 is 0. The van der Waals surface area contributed by atoms with Crippen molar-refractivity contribution in [2.45, 2.75) is 40.2 Å². The molecule has 1 rings (SSSR count). The Hall–Kier alpha value is -0.860. The second-order valence-corrected chi connectivity index (χ2v) is 5.78. The molecule has 3 atom stereocenters. The van der Waals surface area contributed by atoms with E-state index in [2.05, 4.69) is 56.9 Å². The van der Waals surface area contributed by atoms with E-state index < -0.39 is 0 Å². The van der Waals surface area contributed by atoms with Crippen molar-refractivity contribution in [1.82, 2.24) is 4.90 Å². The van der Waals surface area contributed by atoms with Crippen LogP contribution in [0.25, 0.3) is 0 Å². The lowest BCUT2D eigenvalue weighted by atomic mass is 9.94. The Morgan fingerprint density at radius 2 is 1.68 bits per heavy atom. The van der Waals surface area contributed by atoms with Gasteiger partial charge in [-0.25, -0.2) is 0 Å². The Kier molecular flexibility index (Phi) is 7.11. The third kappa shape index (κ3) is 5.33. The van der Waals surface area contributed by atoms with Crippen molar-refractivity contribution in [3.63, 3.8) is 0 Å². The van der Waals surface area contributed by atoms with Crippen molar-refractivity contribution in [1.29, 1.82) is 0 Å². The van der Waals surface area contributed by atoms with Crippen LogP contribution in [0.15, 0.2) is 30.3 Å². The fourth-order valence-electron chi connectivity index (χ4n) is 2.43. The van der Waals surface area contributed by atoms with Crippen LogP contribution in [0.3, 0.4) is 0 Å². The van der Waals surface area contributed by atoms with E-state index in [1.54, 1.807) is 0 Å². The summed E-state index contributed by atoms with van der Waals surface area (Å²) in [5, 5.41) is 0. The summed E-state index contributed by atoms with van der Waals surface area (Å²) in [6, 6.07) is 10.6. The summed E-state index contributed by atoms with van der Waals surface area (Å²) in [5.41, 5.74) is 7.62. The van der Waals surface area contributed by atoms with Crippen LogP contribution in [0.5, 0.6) is 0 Å². The maximum Gasteiger partial charge on any atom is 0.0333 e. The molecule has 0 saturated carbocycles. The van der Waals surface area contributed by atoms with Crippen LogP contribution in [-0.4, -0.2) is 24.5 Å². The van der Waals surface area contributed by atoms with Crippen LogP contribution in [-0.2, 0) is 0 Å². The van der Waals surface area contributed by atoms with Gasteiger partial charge in [0.05, 0.1) is 0 Å². The van der Waals surface area contributed by atoms with E-state index in [1.807, 2.05) is 6.07 Å². The molecule has 1 aromatic rings. The quantitative estimate of drug-likeness (QED) is 0.774. The zero-order valence-electron chi connectivity index (χ0n) is 13.0. The SMILES string of the molecule is CCC(C)CN(CC)CC(C)C(N)c1ccccc1.